The predicted octanol–water partition coefficient (Wildman–Crippen LogP) is 1.70. The summed E-state index contributed by atoms with van der Waals surface area (Å²) in [5.41, 5.74) is 1.52. The van der Waals surface area contributed by atoms with Crippen LogP contribution < -0.4 is 10.2 Å². The molecule has 1 atom stereocenters. The van der Waals surface area contributed by atoms with Crippen molar-refractivity contribution in [3.05, 3.63) is 24.3 Å². The fourth-order valence-corrected chi connectivity index (χ4v) is 3.16. The quantitative estimate of drug-likeness (QED) is 0.901. The minimum atomic E-state index is -0.130. The normalized spacial score (nSPS) is 22.6. The maximum atomic E-state index is 12.6. The first-order chi connectivity index (χ1) is 10.1. The Morgan fingerprint density at radius 3 is 3.00 bits per heavy atom. The van der Waals surface area contributed by atoms with Crippen LogP contribution >= 0.6 is 0 Å². The Morgan fingerprint density at radius 2 is 2.19 bits per heavy atom. The standard InChI is InChI=1S/C16H21N3O2/c1-12-5-4-8-18(9-12)11-16(21)19-10-15(20)17-13-6-2-3-7-14(13)19/h2-3,6-7,12H,4-5,8-11H2,1H3,(H,17,20)/t12-/m1/s1. The number of hydrogen-bond acceptors (Lipinski definition) is 3. The van der Waals surface area contributed by atoms with Crippen molar-refractivity contribution in [3.8, 4) is 0 Å². The largest absolute Gasteiger partial charge is 0.323 e. The molecule has 112 valence electrons. The highest BCUT2D eigenvalue weighted by atomic mass is 16.2. The van der Waals surface area contributed by atoms with Crippen LogP contribution in [-0.2, 0) is 9.59 Å². The van der Waals surface area contributed by atoms with Crippen LogP contribution in [0, 0.1) is 5.92 Å². The number of benzene rings is 1. The van der Waals surface area contributed by atoms with E-state index >= 15 is 0 Å². The zero-order chi connectivity index (χ0) is 14.8. The molecule has 3 rings (SSSR count). The van der Waals surface area contributed by atoms with Gasteiger partial charge in [-0.05, 0) is 37.4 Å². The summed E-state index contributed by atoms with van der Waals surface area (Å²) in [6.45, 7) is 4.66. The fourth-order valence-electron chi connectivity index (χ4n) is 3.16. The second-order valence-electron chi connectivity index (χ2n) is 6.03. The molecule has 2 amide bonds. The molecule has 2 aliphatic heterocycles. The number of fused-ring (bicyclic) bond motifs is 1. The van der Waals surface area contributed by atoms with Gasteiger partial charge in [0.15, 0.2) is 0 Å². The molecule has 0 unspecified atom stereocenters. The highest BCUT2D eigenvalue weighted by molar-refractivity contribution is 6.10. The molecular weight excluding hydrogens is 266 g/mol. The fraction of sp³-hybridized carbons (Fsp3) is 0.500. The van der Waals surface area contributed by atoms with Gasteiger partial charge in [0.1, 0.15) is 6.54 Å². The number of hydrogen-bond donors (Lipinski definition) is 1. The molecule has 0 radical (unpaired) electrons. The lowest BCUT2D eigenvalue weighted by molar-refractivity contribution is -0.123. The number of piperidine rings is 1. The molecule has 2 heterocycles. The molecule has 2 aliphatic rings. The monoisotopic (exact) mass is 287 g/mol. The van der Waals surface area contributed by atoms with Crippen LogP contribution in [-0.4, -0.2) is 42.9 Å². The van der Waals surface area contributed by atoms with Gasteiger partial charge in [0.25, 0.3) is 0 Å². The van der Waals surface area contributed by atoms with Crippen LogP contribution in [0.25, 0.3) is 0 Å². The van der Waals surface area contributed by atoms with E-state index in [-0.39, 0.29) is 18.4 Å². The van der Waals surface area contributed by atoms with Gasteiger partial charge in [0, 0.05) is 6.54 Å². The summed E-state index contributed by atoms with van der Waals surface area (Å²) < 4.78 is 0. The Hall–Kier alpha value is -1.88. The van der Waals surface area contributed by atoms with Crippen molar-refractivity contribution < 1.29 is 9.59 Å². The minimum absolute atomic E-state index is 0.00593. The first-order valence-corrected chi connectivity index (χ1v) is 7.55. The predicted molar refractivity (Wildman–Crippen MR) is 82.3 cm³/mol. The van der Waals surface area contributed by atoms with E-state index in [0.717, 1.165) is 25.2 Å². The molecule has 1 aromatic rings. The Labute approximate surface area is 124 Å². The first kappa shape index (κ1) is 14.1. The van der Waals surface area contributed by atoms with Crippen molar-refractivity contribution in [1.82, 2.24) is 4.90 Å². The molecule has 5 nitrogen and oxygen atoms in total. The van der Waals surface area contributed by atoms with Gasteiger partial charge in [-0.3, -0.25) is 19.4 Å². The zero-order valence-corrected chi connectivity index (χ0v) is 12.3. The van der Waals surface area contributed by atoms with Crippen molar-refractivity contribution in [2.45, 2.75) is 19.8 Å². The second kappa shape index (κ2) is 5.85. The number of likely N-dealkylation sites (tertiary alicyclic amines) is 1. The summed E-state index contributed by atoms with van der Waals surface area (Å²) in [5, 5.41) is 2.81. The lowest BCUT2D eigenvalue weighted by Crippen LogP contribution is -2.48. The molecular formula is C16H21N3O2. The summed E-state index contributed by atoms with van der Waals surface area (Å²) in [4.78, 5) is 28.2. The number of rotatable bonds is 2. The number of para-hydroxylation sites is 2. The number of carbonyl (C=O) groups excluding carboxylic acids is 2. The van der Waals surface area contributed by atoms with Gasteiger partial charge in [-0.1, -0.05) is 19.1 Å². The summed E-state index contributed by atoms with van der Waals surface area (Å²) in [5.74, 6) is 0.518. The highest BCUT2D eigenvalue weighted by Gasteiger charge is 2.28. The lowest BCUT2D eigenvalue weighted by Gasteiger charge is -2.34. The van der Waals surface area contributed by atoms with Crippen LogP contribution in [0.3, 0.4) is 0 Å². The molecule has 1 aromatic carbocycles. The van der Waals surface area contributed by atoms with Gasteiger partial charge in [-0.2, -0.15) is 0 Å². The summed E-state index contributed by atoms with van der Waals surface area (Å²) in [6, 6.07) is 7.46. The van der Waals surface area contributed by atoms with Crippen molar-refractivity contribution in [3.63, 3.8) is 0 Å². The van der Waals surface area contributed by atoms with Crippen LogP contribution in [0.1, 0.15) is 19.8 Å². The van der Waals surface area contributed by atoms with Crippen LogP contribution in [0.2, 0.25) is 0 Å². The molecule has 1 saturated heterocycles. The topological polar surface area (TPSA) is 52.7 Å². The Morgan fingerprint density at radius 1 is 1.38 bits per heavy atom. The average molecular weight is 287 g/mol. The van der Waals surface area contributed by atoms with E-state index in [9.17, 15) is 9.59 Å². The number of nitrogens with one attached hydrogen (secondary N) is 1. The SMILES string of the molecule is C[C@@H]1CCCN(CC(=O)N2CC(=O)Nc3ccccc32)C1. The maximum Gasteiger partial charge on any atom is 0.244 e. The minimum Gasteiger partial charge on any atom is -0.323 e. The van der Waals surface area contributed by atoms with E-state index in [1.807, 2.05) is 24.3 Å². The van der Waals surface area contributed by atoms with E-state index in [0.29, 0.717) is 18.2 Å². The van der Waals surface area contributed by atoms with E-state index in [1.54, 1.807) is 4.90 Å². The molecule has 1 N–H and O–H groups in total. The molecule has 1 fully saturated rings. The van der Waals surface area contributed by atoms with Gasteiger partial charge in [0.05, 0.1) is 17.9 Å². The third-order valence-corrected chi connectivity index (χ3v) is 4.17. The third kappa shape index (κ3) is 3.08. The van der Waals surface area contributed by atoms with Crippen molar-refractivity contribution in [2.75, 3.05) is 36.4 Å². The van der Waals surface area contributed by atoms with Crippen molar-refractivity contribution >= 4 is 23.2 Å². The van der Waals surface area contributed by atoms with Crippen molar-refractivity contribution in [2.24, 2.45) is 5.92 Å². The number of anilines is 2. The van der Waals surface area contributed by atoms with Crippen LogP contribution in [0.4, 0.5) is 11.4 Å². The van der Waals surface area contributed by atoms with Gasteiger partial charge in [-0.15, -0.1) is 0 Å². The van der Waals surface area contributed by atoms with Crippen LogP contribution in [0.5, 0.6) is 0 Å². The molecule has 0 aromatic heterocycles. The average Bonchev–Trinajstić information content (AvgIpc) is 2.46. The highest BCUT2D eigenvalue weighted by Crippen LogP contribution is 2.29. The number of amides is 2. The smallest absolute Gasteiger partial charge is 0.244 e. The summed E-state index contributed by atoms with van der Waals surface area (Å²) in [6.07, 6.45) is 2.38. The lowest BCUT2D eigenvalue weighted by atomic mass is 10.0. The van der Waals surface area contributed by atoms with Gasteiger partial charge in [-0.25, -0.2) is 0 Å². The molecule has 0 spiro atoms. The Bertz CT molecular complexity index is 558. The second-order valence-corrected chi connectivity index (χ2v) is 6.03. The molecule has 0 bridgehead atoms. The third-order valence-electron chi connectivity index (χ3n) is 4.17. The molecule has 0 aliphatic carbocycles. The van der Waals surface area contributed by atoms with E-state index < -0.39 is 0 Å². The Kier molecular flexibility index (Phi) is 3.92. The molecule has 21 heavy (non-hydrogen) atoms. The maximum absolute atomic E-state index is 12.6. The van der Waals surface area contributed by atoms with Crippen molar-refractivity contribution in [1.29, 1.82) is 0 Å². The van der Waals surface area contributed by atoms with Gasteiger partial charge < -0.3 is 5.32 Å². The van der Waals surface area contributed by atoms with Gasteiger partial charge in [0.2, 0.25) is 11.8 Å². The number of nitrogens with zero attached hydrogens (tertiary/aromatic N) is 2. The van der Waals surface area contributed by atoms with Gasteiger partial charge >= 0.3 is 0 Å². The summed E-state index contributed by atoms with van der Waals surface area (Å²) >= 11 is 0. The van der Waals surface area contributed by atoms with E-state index in [2.05, 4.69) is 17.1 Å². The molecule has 0 saturated carbocycles. The molecule has 5 heteroatoms. The van der Waals surface area contributed by atoms with E-state index in [1.165, 1.54) is 6.42 Å². The van der Waals surface area contributed by atoms with E-state index in [4.69, 9.17) is 0 Å². The zero-order valence-electron chi connectivity index (χ0n) is 12.3. The first-order valence-electron chi connectivity index (χ1n) is 7.55. The number of carbonyl (C=O) groups is 2. The van der Waals surface area contributed by atoms with Crippen LogP contribution in [0.15, 0.2) is 24.3 Å². The Balaban J connectivity index is 1.74. The summed E-state index contributed by atoms with van der Waals surface area (Å²) in [7, 11) is 0.